The Balaban J connectivity index is 1.34. The van der Waals surface area contributed by atoms with Crippen LogP contribution in [0.25, 0.3) is 0 Å². The van der Waals surface area contributed by atoms with Gasteiger partial charge < -0.3 is 5.32 Å². The summed E-state index contributed by atoms with van der Waals surface area (Å²) in [6, 6.07) is 1.76. The number of nitrogens with one attached hydrogen (secondary N) is 2. The molecule has 3 aromatic rings. The number of aromatic nitrogens is 2. The number of aryl methyl sites for hydroxylation is 2. The molecule has 0 spiro atoms. The van der Waals surface area contributed by atoms with E-state index in [4.69, 9.17) is 0 Å². The minimum atomic E-state index is -0.190. The van der Waals surface area contributed by atoms with Crippen LogP contribution < -0.4 is 10.6 Å². The Bertz CT molecular complexity index is 906. The summed E-state index contributed by atoms with van der Waals surface area (Å²) < 4.78 is 0. The van der Waals surface area contributed by atoms with E-state index >= 15 is 0 Å². The Morgan fingerprint density at radius 1 is 1.08 bits per heavy atom. The SMILES string of the molecule is O=C(Cc1csc(NC(=O)c2ccsc2)n1)Nc1nc2c(s1)CCCC2. The molecule has 2 amide bonds. The van der Waals surface area contributed by atoms with E-state index in [9.17, 15) is 9.59 Å². The van der Waals surface area contributed by atoms with Gasteiger partial charge in [0, 0.05) is 15.6 Å². The summed E-state index contributed by atoms with van der Waals surface area (Å²) in [6.45, 7) is 0. The van der Waals surface area contributed by atoms with Gasteiger partial charge in [-0.3, -0.25) is 14.9 Å². The molecule has 3 aromatic heterocycles. The van der Waals surface area contributed by atoms with Gasteiger partial charge in [0.2, 0.25) is 5.91 Å². The second-order valence-electron chi connectivity index (χ2n) is 5.93. The summed E-state index contributed by atoms with van der Waals surface area (Å²) in [7, 11) is 0. The van der Waals surface area contributed by atoms with Gasteiger partial charge in [-0.2, -0.15) is 11.3 Å². The van der Waals surface area contributed by atoms with Crippen LogP contribution >= 0.6 is 34.0 Å². The van der Waals surface area contributed by atoms with Crippen molar-refractivity contribution >= 4 is 56.1 Å². The van der Waals surface area contributed by atoms with Gasteiger partial charge in [-0.1, -0.05) is 0 Å². The summed E-state index contributed by atoms with van der Waals surface area (Å²) >= 11 is 4.35. The van der Waals surface area contributed by atoms with Crippen LogP contribution in [-0.2, 0) is 24.1 Å². The Kier molecular flexibility index (Phi) is 5.09. The fourth-order valence-corrected chi connectivity index (χ4v) is 5.15. The molecule has 1 aliphatic rings. The number of fused-ring (bicyclic) bond motifs is 1. The molecule has 0 unspecified atom stereocenters. The summed E-state index contributed by atoms with van der Waals surface area (Å²) in [5, 5.41) is 12.2. The zero-order valence-corrected chi connectivity index (χ0v) is 16.2. The number of thiophene rings is 1. The van der Waals surface area contributed by atoms with Crippen molar-refractivity contribution in [3.05, 3.63) is 44.0 Å². The van der Waals surface area contributed by atoms with Crippen molar-refractivity contribution in [1.29, 1.82) is 0 Å². The Hall–Kier alpha value is -2.10. The first-order valence-electron chi connectivity index (χ1n) is 8.24. The molecule has 0 aromatic carbocycles. The minimum absolute atomic E-state index is 0.142. The molecule has 9 heteroatoms. The van der Waals surface area contributed by atoms with Gasteiger partial charge >= 0.3 is 0 Å². The van der Waals surface area contributed by atoms with E-state index in [0.29, 0.717) is 21.5 Å². The average Bonchev–Trinajstić information content (AvgIpc) is 3.34. The number of carbonyl (C=O) groups is 2. The van der Waals surface area contributed by atoms with Gasteiger partial charge in [-0.05, 0) is 37.1 Å². The number of hydrogen-bond acceptors (Lipinski definition) is 7. The minimum Gasteiger partial charge on any atom is -0.302 e. The van der Waals surface area contributed by atoms with E-state index in [1.165, 1.54) is 40.4 Å². The van der Waals surface area contributed by atoms with Gasteiger partial charge in [0.05, 0.1) is 23.4 Å². The van der Waals surface area contributed by atoms with Crippen LogP contribution in [0.2, 0.25) is 0 Å². The molecule has 0 saturated carbocycles. The third-order valence-electron chi connectivity index (χ3n) is 3.99. The van der Waals surface area contributed by atoms with Crippen LogP contribution in [0.5, 0.6) is 0 Å². The van der Waals surface area contributed by atoms with Crippen molar-refractivity contribution < 1.29 is 9.59 Å². The highest BCUT2D eigenvalue weighted by atomic mass is 32.1. The molecule has 0 aliphatic heterocycles. The summed E-state index contributed by atoms with van der Waals surface area (Å²) in [5.41, 5.74) is 2.37. The fraction of sp³-hybridized carbons (Fsp3) is 0.294. The number of thiazole rings is 2. The van der Waals surface area contributed by atoms with E-state index in [-0.39, 0.29) is 18.2 Å². The molecule has 0 bridgehead atoms. The highest BCUT2D eigenvalue weighted by molar-refractivity contribution is 7.16. The molecule has 0 saturated heterocycles. The average molecular weight is 405 g/mol. The standard InChI is InChI=1S/C17H16N4O2S3/c22-14(20-17-19-12-3-1-2-4-13(12)26-17)7-11-9-25-16(18-11)21-15(23)10-5-6-24-8-10/h5-6,8-9H,1-4,7H2,(H,18,21,23)(H,19,20,22). The Morgan fingerprint density at radius 3 is 2.77 bits per heavy atom. The number of amides is 2. The molecule has 1 aliphatic carbocycles. The lowest BCUT2D eigenvalue weighted by molar-refractivity contribution is -0.115. The molecule has 3 heterocycles. The lowest BCUT2D eigenvalue weighted by Gasteiger charge is -2.06. The van der Waals surface area contributed by atoms with Crippen LogP contribution in [0.1, 0.15) is 39.5 Å². The second-order valence-corrected chi connectivity index (χ2v) is 8.65. The number of anilines is 2. The van der Waals surface area contributed by atoms with Gasteiger partial charge in [-0.25, -0.2) is 9.97 Å². The number of rotatable bonds is 5. The molecule has 2 N–H and O–H groups in total. The Labute approximate surface area is 162 Å². The van der Waals surface area contributed by atoms with E-state index in [2.05, 4.69) is 20.6 Å². The maximum absolute atomic E-state index is 12.2. The smallest absolute Gasteiger partial charge is 0.258 e. The molecule has 0 fully saturated rings. The predicted molar refractivity (Wildman–Crippen MR) is 105 cm³/mol. The molecule has 134 valence electrons. The lowest BCUT2D eigenvalue weighted by Crippen LogP contribution is -2.15. The van der Waals surface area contributed by atoms with Crippen LogP contribution in [0.15, 0.2) is 22.2 Å². The molecular formula is C17H16N4O2S3. The number of carbonyl (C=O) groups excluding carboxylic acids is 2. The zero-order chi connectivity index (χ0) is 17.9. The van der Waals surface area contributed by atoms with E-state index in [1.54, 1.807) is 28.2 Å². The largest absolute Gasteiger partial charge is 0.302 e. The molecule has 26 heavy (non-hydrogen) atoms. The van der Waals surface area contributed by atoms with E-state index < -0.39 is 0 Å². The quantitative estimate of drug-likeness (QED) is 0.674. The van der Waals surface area contributed by atoms with Crippen molar-refractivity contribution in [2.75, 3.05) is 10.6 Å². The van der Waals surface area contributed by atoms with E-state index in [0.717, 1.165) is 18.5 Å². The maximum atomic E-state index is 12.2. The fourth-order valence-electron chi connectivity index (χ4n) is 2.74. The number of nitrogens with zero attached hydrogens (tertiary/aromatic N) is 2. The third-order valence-corrected chi connectivity index (χ3v) is 6.55. The van der Waals surface area contributed by atoms with Crippen molar-refractivity contribution in [3.63, 3.8) is 0 Å². The molecule has 0 radical (unpaired) electrons. The van der Waals surface area contributed by atoms with Gasteiger partial charge in [-0.15, -0.1) is 22.7 Å². The van der Waals surface area contributed by atoms with Gasteiger partial charge in [0.25, 0.3) is 5.91 Å². The lowest BCUT2D eigenvalue weighted by atomic mass is 10.0. The molecule has 4 rings (SSSR count). The van der Waals surface area contributed by atoms with Crippen molar-refractivity contribution in [2.24, 2.45) is 0 Å². The maximum Gasteiger partial charge on any atom is 0.258 e. The van der Waals surface area contributed by atoms with Crippen molar-refractivity contribution in [2.45, 2.75) is 32.1 Å². The highest BCUT2D eigenvalue weighted by Crippen LogP contribution is 2.29. The molecular weight excluding hydrogens is 388 g/mol. The topological polar surface area (TPSA) is 84.0 Å². The van der Waals surface area contributed by atoms with Crippen molar-refractivity contribution in [3.8, 4) is 0 Å². The number of hydrogen-bond donors (Lipinski definition) is 2. The normalized spacial score (nSPS) is 13.2. The predicted octanol–water partition coefficient (Wildman–Crippen LogP) is 3.97. The van der Waals surface area contributed by atoms with Crippen LogP contribution in [0.3, 0.4) is 0 Å². The molecule has 0 atom stereocenters. The highest BCUT2D eigenvalue weighted by Gasteiger charge is 2.17. The van der Waals surface area contributed by atoms with Crippen LogP contribution in [-0.4, -0.2) is 21.8 Å². The summed E-state index contributed by atoms with van der Waals surface area (Å²) in [4.78, 5) is 34.4. The third kappa shape index (κ3) is 4.00. The van der Waals surface area contributed by atoms with E-state index in [1.807, 2.05) is 5.38 Å². The summed E-state index contributed by atoms with van der Waals surface area (Å²) in [5.74, 6) is -0.331. The monoisotopic (exact) mass is 404 g/mol. The second kappa shape index (κ2) is 7.65. The zero-order valence-electron chi connectivity index (χ0n) is 13.8. The van der Waals surface area contributed by atoms with Crippen LogP contribution in [0.4, 0.5) is 10.3 Å². The Morgan fingerprint density at radius 2 is 1.96 bits per heavy atom. The van der Waals surface area contributed by atoms with Gasteiger partial charge in [0.1, 0.15) is 0 Å². The van der Waals surface area contributed by atoms with Crippen LogP contribution in [0, 0.1) is 0 Å². The van der Waals surface area contributed by atoms with Gasteiger partial charge in [0.15, 0.2) is 10.3 Å². The molecule has 6 nitrogen and oxygen atoms in total. The van der Waals surface area contributed by atoms with Crippen molar-refractivity contribution in [1.82, 2.24) is 9.97 Å². The first-order valence-corrected chi connectivity index (χ1v) is 10.9. The summed E-state index contributed by atoms with van der Waals surface area (Å²) in [6.07, 6.45) is 4.59. The first kappa shape index (κ1) is 17.3. The first-order chi connectivity index (χ1) is 12.7.